The maximum atomic E-state index is 13.5. The lowest BCUT2D eigenvalue weighted by Crippen LogP contribution is -2.33. The van der Waals surface area contributed by atoms with Crippen LogP contribution in [-0.4, -0.2) is 35.0 Å². The van der Waals surface area contributed by atoms with Gasteiger partial charge in [-0.3, -0.25) is 14.2 Å². The topological polar surface area (TPSA) is 133 Å². The molecule has 0 aliphatic carbocycles. The van der Waals surface area contributed by atoms with Gasteiger partial charge in [-0.2, -0.15) is 0 Å². The molecule has 0 aliphatic heterocycles. The lowest BCUT2D eigenvalue weighted by Gasteiger charge is -2.20. The molecule has 3 heterocycles. The first kappa shape index (κ1) is 20.6. The highest BCUT2D eigenvalue weighted by Crippen LogP contribution is 2.23. The Kier molecular flexibility index (Phi) is 4.98. The number of hydrogen-bond donors (Lipinski definition) is 2. The van der Waals surface area contributed by atoms with Gasteiger partial charge in [0.25, 0.3) is 11.5 Å². The highest BCUT2D eigenvalue weighted by molar-refractivity contribution is 6.35. The largest absolute Gasteiger partial charge is 0.381 e. The molecule has 10 nitrogen and oxygen atoms in total. The van der Waals surface area contributed by atoms with Gasteiger partial charge < -0.3 is 11.1 Å². The second kappa shape index (κ2) is 7.99. The van der Waals surface area contributed by atoms with Crippen LogP contribution in [0.3, 0.4) is 0 Å². The van der Waals surface area contributed by atoms with Gasteiger partial charge in [0, 0.05) is 0 Å². The molecule has 0 saturated carbocycles. The zero-order valence-electron chi connectivity index (χ0n) is 17.3. The normalized spacial score (nSPS) is 12.2. The van der Waals surface area contributed by atoms with E-state index in [4.69, 9.17) is 17.3 Å². The minimum absolute atomic E-state index is 0.0129. The van der Waals surface area contributed by atoms with Crippen molar-refractivity contribution in [2.75, 3.05) is 5.73 Å². The van der Waals surface area contributed by atoms with Crippen LogP contribution in [0.5, 0.6) is 0 Å². The molecule has 0 fully saturated rings. The van der Waals surface area contributed by atoms with E-state index >= 15 is 0 Å². The van der Waals surface area contributed by atoms with E-state index < -0.39 is 11.9 Å². The number of nitrogens with one attached hydrogen (secondary N) is 1. The number of para-hydroxylation sites is 1. The standard InChI is InChI=1S/C22H17ClN8O2/c1-12(27-21(32)17-18(24)29-30-11-25-10-26-20(17)30)19-28-15-9-5-8-14(23)16(15)22(33)31(19)13-6-3-2-4-7-13/h2-12H,1H3,(H2,24,29)(H,27,32)/t12-/m0/s1. The van der Waals surface area contributed by atoms with Gasteiger partial charge >= 0.3 is 0 Å². The lowest BCUT2D eigenvalue weighted by molar-refractivity contribution is 0.0940. The summed E-state index contributed by atoms with van der Waals surface area (Å²) >= 11 is 6.32. The molecular formula is C22H17ClN8O2. The van der Waals surface area contributed by atoms with Gasteiger partial charge in [0.05, 0.1) is 27.7 Å². The van der Waals surface area contributed by atoms with Crippen LogP contribution in [0, 0.1) is 0 Å². The molecule has 0 saturated heterocycles. The third kappa shape index (κ3) is 3.46. The van der Waals surface area contributed by atoms with Crippen LogP contribution in [0.4, 0.5) is 5.82 Å². The Morgan fingerprint density at radius 3 is 2.73 bits per heavy atom. The molecule has 0 aliphatic rings. The molecule has 0 bridgehead atoms. The van der Waals surface area contributed by atoms with Crippen molar-refractivity contribution in [3.8, 4) is 5.69 Å². The van der Waals surface area contributed by atoms with Crippen molar-refractivity contribution in [3.63, 3.8) is 0 Å². The first-order valence-electron chi connectivity index (χ1n) is 9.97. The number of benzene rings is 2. The summed E-state index contributed by atoms with van der Waals surface area (Å²) in [5.74, 6) is -0.161. The average molecular weight is 461 g/mol. The zero-order chi connectivity index (χ0) is 23.1. The predicted molar refractivity (Wildman–Crippen MR) is 123 cm³/mol. The van der Waals surface area contributed by atoms with Crippen molar-refractivity contribution in [2.45, 2.75) is 13.0 Å². The Labute approximate surface area is 191 Å². The van der Waals surface area contributed by atoms with Gasteiger partial charge in [-0.15, -0.1) is 5.10 Å². The molecule has 1 amide bonds. The first-order chi connectivity index (χ1) is 16.0. The van der Waals surface area contributed by atoms with Crippen molar-refractivity contribution < 1.29 is 4.79 Å². The Hall–Kier alpha value is -4.31. The molecule has 33 heavy (non-hydrogen) atoms. The lowest BCUT2D eigenvalue weighted by atomic mass is 10.2. The number of rotatable bonds is 4. The summed E-state index contributed by atoms with van der Waals surface area (Å²) in [6, 6.07) is 13.4. The smallest absolute Gasteiger partial charge is 0.267 e. The zero-order valence-corrected chi connectivity index (χ0v) is 18.1. The minimum atomic E-state index is -0.676. The van der Waals surface area contributed by atoms with Crippen LogP contribution >= 0.6 is 11.6 Å². The van der Waals surface area contributed by atoms with Gasteiger partial charge in [-0.25, -0.2) is 19.5 Å². The highest BCUT2D eigenvalue weighted by atomic mass is 35.5. The van der Waals surface area contributed by atoms with Crippen LogP contribution in [-0.2, 0) is 0 Å². The summed E-state index contributed by atoms with van der Waals surface area (Å²) in [6.07, 6.45) is 2.71. The summed E-state index contributed by atoms with van der Waals surface area (Å²) in [5, 5.41) is 7.53. The summed E-state index contributed by atoms with van der Waals surface area (Å²) < 4.78 is 2.77. The van der Waals surface area contributed by atoms with E-state index in [-0.39, 0.29) is 22.6 Å². The summed E-state index contributed by atoms with van der Waals surface area (Å²) in [6.45, 7) is 1.73. The molecule has 1 atom stereocenters. The highest BCUT2D eigenvalue weighted by Gasteiger charge is 2.24. The van der Waals surface area contributed by atoms with Gasteiger partial charge in [-0.05, 0) is 31.2 Å². The fourth-order valence-electron chi connectivity index (χ4n) is 3.70. The van der Waals surface area contributed by atoms with Crippen molar-refractivity contribution in [1.29, 1.82) is 0 Å². The Morgan fingerprint density at radius 2 is 1.94 bits per heavy atom. The molecule has 2 aromatic carbocycles. The van der Waals surface area contributed by atoms with Crippen molar-refractivity contribution in [1.82, 2.24) is 34.4 Å². The summed E-state index contributed by atoms with van der Waals surface area (Å²) in [7, 11) is 0. The van der Waals surface area contributed by atoms with E-state index in [1.165, 1.54) is 21.7 Å². The van der Waals surface area contributed by atoms with Crippen molar-refractivity contribution in [2.24, 2.45) is 0 Å². The Balaban J connectivity index is 1.64. The maximum absolute atomic E-state index is 13.5. The first-order valence-corrected chi connectivity index (χ1v) is 10.3. The number of nitrogen functional groups attached to an aromatic ring is 1. The summed E-state index contributed by atoms with van der Waals surface area (Å²) in [5.41, 5.74) is 7.03. The molecule has 3 N–H and O–H groups in total. The van der Waals surface area contributed by atoms with Crippen LogP contribution in [0.1, 0.15) is 29.1 Å². The van der Waals surface area contributed by atoms with Gasteiger partial charge in [-0.1, -0.05) is 35.9 Å². The van der Waals surface area contributed by atoms with Crippen LogP contribution in [0.25, 0.3) is 22.2 Å². The number of amides is 1. The van der Waals surface area contributed by atoms with E-state index in [2.05, 4.69) is 25.4 Å². The van der Waals surface area contributed by atoms with Crippen LogP contribution in [0.15, 0.2) is 66.0 Å². The fourth-order valence-corrected chi connectivity index (χ4v) is 3.95. The van der Waals surface area contributed by atoms with E-state index in [1.54, 1.807) is 37.3 Å². The van der Waals surface area contributed by atoms with E-state index in [0.717, 1.165) is 0 Å². The number of anilines is 1. The van der Waals surface area contributed by atoms with Gasteiger partial charge in [0.1, 0.15) is 24.0 Å². The third-order valence-corrected chi connectivity index (χ3v) is 5.50. The molecule has 11 heteroatoms. The van der Waals surface area contributed by atoms with E-state index in [0.29, 0.717) is 27.4 Å². The second-order valence-corrected chi connectivity index (χ2v) is 7.72. The number of carbonyl (C=O) groups is 1. The second-order valence-electron chi connectivity index (χ2n) is 7.31. The monoisotopic (exact) mass is 460 g/mol. The van der Waals surface area contributed by atoms with Crippen LogP contribution < -0.4 is 16.6 Å². The molecule has 3 aromatic heterocycles. The van der Waals surface area contributed by atoms with Crippen LogP contribution in [0.2, 0.25) is 5.02 Å². The number of halogens is 1. The predicted octanol–water partition coefficient (Wildman–Crippen LogP) is 2.55. The Bertz CT molecular complexity index is 1580. The third-order valence-electron chi connectivity index (χ3n) is 5.18. The van der Waals surface area contributed by atoms with E-state index in [1.807, 2.05) is 18.2 Å². The quantitative estimate of drug-likeness (QED) is 0.421. The average Bonchev–Trinajstić information content (AvgIpc) is 3.15. The molecule has 0 radical (unpaired) electrons. The molecule has 164 valence electrons. The molecule has 5 aromatic rings. The molecular weight excluding hydrogens is 444 g/mol. The number of nitrogens with two attached hydrogens (primary N) is 1. The van der Waals surface area contributed by atoms with Gasteiger partial charge in [0.2, 0.25) is 0 Å². The maximum Gasteiger partial charge on any atom is 0.267 e. The number of carbonyl (C=O) groups excluding carboxylic acids is 1. The number of hydrogen-bond acceptors (Lipinski definition) is 7. The van der Waals surface area contributed by atoms with Crippen molar-refractivity contribution in [3.05, 3.63) is 87.9 Å². The Morgan fingerprint density at radius 1 is 1.15 bits per heavy atom. The molecule has 0 unspecified atom stereocenters. The number of nitrogens with zero attached hydrogens (tertiary/aromatic N) is 6. The number of aromatic nitrogens is 6. The molecule has 5 rings (SSSR count). The van der Waals surface area contributed by atoms with Gasteiger partial charge in [0.15, 0.2) is 11.5 Å². The SMILES string of the molecule is C[C@H](NC(=O)c1c(N)nn2cncnc12)c1nc2cccc(Cl)c2c(=O)n1-c1ccccc1. The van der Waals surface area contributed by atoms with Crippen molar-refractivity contribution >= 4 is 39.9 Å². The minimum Gasteiger partial charge on any atom is -0.381 e. The summed E-state index contributed by atoms with van der Waals surface area (Å²) in [4.78, 5) is 39.3. The molecule has 0 spiro atoms. The fraction of sp³-hybridized carbons (Fsp3) is 0.0909. The number of fused-ring (bicyclic) bond motifs is 2. The van der Waals surface area contributed by atoms with E-state index in [9.17, 15) is 9.59 Å².